The number of carbonyl (C=O) groups is 1. The number of rotatable bonds is 6. The summed E-state index contributed by atoms with van der Waals surface area (Å²) >= 11 is 0. The Morgan fingerprint density at radius 1 is 1.08 bits per heavy atom. The van der Waals surface area contributed by atoms with Gasteiger partial charge < -0.3 is 9.84 Å². The van der Waals surface area contributed by atoms with E-state index in [2.05, 4.69) is 20.8 Å². The van der Waals surface area contributed by atoms with Gasteiger partial charge in [-0.15, -0.1) is 0 Å². The number of hydrogen-bond donors (Lipinski definition) is 1. The van der Waals surface area contributed by atoms with Crippen molar-refractivity contribution in [3.63, 3.8) is 0 Å². The Hall–Kier alpha value is -2.20. The van der Waals surface area contributed by atoms with Gasteiger partial charge in [-0.25, -0.2) is 4.39 Å². The highest BCUT2D eigenvalue weighted by Crippen LogP contribution is 2.28. The van der Waals surface area contributed by atoms with Crippen molar-refractivity contribution in [2.24, 2.45) is 5.92 Å². The Balaban J connectivity index is 2.24. The van der Waals surface area contributed by atoms with E-state index < -0.39 is 18.0 Å². The molecule has 0 saturated carbocycles. The summed E-state index contributed by atoms with van der Waals surface area (Å²) < 4.78 is 18.3. The van der Waals surface area contributed by atoms with Gasteiger partial charge in [0.05, 0.1) is 18.6 Å². The van der Waals surface area contributed by atoms with Crippen molar-refractivity contribution in [3.05, 3.63) is 71.0 Å². The first-order valence-electron chi connectivity index (χ1n) is 8.92. The molecular weight excluding hydrogens is 331 g/mol. The fraction of sp³-hybridized carbons (Fsp3) is 0.409. The lowest BCUT2D eigenvalue weighted by Gasteiger charge is -2.23. The topological polar surface area (TPSA) is 46.5 Å². The molecule has 0 aliphatic heterocycles. The van der Waals surface area contributed by atoms with Crippen molar-refractivity contribution < 1.29 is 19.0 Å². The second-order valence-corrected chi connectivity index (χ2v) is 7.51. The lowest BCUT2D eigenvalue weighted by Crippen LogP contribution is -2.27. The molecule has 2 atom stereocenters. The lowest BCUT2D eigenvalue weighted by atomic mass is 9.85. The number of benzene rings is 2. The molecule has 0 fully saturated rings. The Bertz CT molecular complexity index is 715. The van der Waals surface area contributed by atoms with Gasteiger partial charge in [0.25, 0.3) is 0 Å². The molecule has 0 spiro atoms. The number of carbonyl (C=O) groups excluding carboxylic acids is 1. The third-order valence-corrected chi connectivity index (χ3v) is 4.46. The number of hydrogen-bond acceptors (Lipinski definition) is 3. The molecule has 4 heteroatoms. The number of esters is 1. The molecule has 0 aromatic heterocycles. The fourth-order valence-electron chi connectivity index (χ4n) is 2.86. The molecule has 0 aliphatic rings. The number of aliphatic hydroxyl groups excluding tert-OH is 1. The minimum absolute atomic E-state index is 0.0483. The summed E-state index contributed by atoms with van der Waals surface area (Å²) in [7, 11) is 0. The van der Waals surface area contributed by atoms with E-state index >= 15 is 0 Å². The average molecular weight is 358 g/mol. The van der Waals surface area contributed by atoms with Crippen molar-refractivity contribution in [1.82, 2.24) is 0 Å². The predicted molar refractivity (Wildman–Crippen MR) is 100 cm³/mol. The largest absolute Gasteiger partial charge is 0.466 e. The molecule has 140 valence electrons. The van der Waals surface area contributed by atoms with Gasteiger partial charge in [-0.05, 0) is 47.6 Å². The van der Waals surface area contributed by atoms with Crippen LogP contribution in [0.5, 0.6) is 0 Å². The highest BCUT2D eigenvalue weighted by Gasteiger charge is 2.30. The van der Waals surface area contributed by atoms with E-state index in [0.717, 1.165) is 5.56 Å². The lowest BCUT2D eigenvalue weighted by molar-refractivity contribution is -0.152. The van der Waals surface area contributed by atoms with Gasteiger partial charge in [-0.2, -0.15) is 0 Å². The van der Waals surface area contributed by atoms with Crippen LogP contribution in [0.4, 0.5) is 4.39 Å². The van der Waals surface area contributed by atoms with Crippen LogP contribution in [0.15, 0.2) is 48.5 Å². The van der Waals surface area contributed by atoms with Gasteiger partial charge in [-0.1, -0.05) is 57.2 Å². The van der Waals surface area contributed by atoms with E-state index in [4.69, 9.17) is 4.74 Å². The third kappa shape index (κ3) is 5.15. The molecular formula is C22H27FO3. The minimum atomic E-state index is -1.06. The van der Waals surface area contributed by atoms with Crippen molar-refractivity contribution in [1.29, 1.82) is 0 Å². The summed E-state index contributed by atoms with van der Waals surface area (Å²) in [4.78, 5) is 12.4. The molecule has 0 radical (unpaired) electrons. The monoisotopic (exact) mass is 358 g/mol. The average Bonchev–Trinajstić information content (AvgIpc) is 2.59. The minimum Gasteiger partial charge on any atom is -0.466 e. The zero-order valence-corrected chi connectivity index (χ0v) is 15.8. The number of aliphatic hydroxyl groups is 1. The Morgan fingerprint density at radius 2 is 1.65 bits per heavy atom. The molecule has 26 heavy (non-hydrogen) atoms. The number of halogens is 1. The summed E-state index contributed by atoms with van der Waals surface area (Å²) in [5.41, 5.74) is 2.69. The van der Waals surface area contributed by atoms with Crippen LogP contribution >= 0.6 is 0 Å². The smallest absolute Gasteiger partial charge is 0.312 e. The van der Waals surface area contributed by atoms with Crippen molar-refractivity contribution in [2.75, 3.05) is 6.61 Å². The molecule has 3 nitrogen and oxygen atoms in total. The zero-order chi connectivity index (χ0) is 19.3. The van der Waals surface area contributed by atoms with Crippen LogP contribution in [-0.4, -0.2) is 17.7 Å². The van der Waals surface area contributed by atoms with Crippen molar-refractivity contribution in [2.45, 2.75) is 45.6 Å². The summed E-state index contributed by atoms with van der Waals surface area (Å²) in [6, 6.07) is 13.6. The van der Waals surface area contributed by atoms with Gasteiger partial charge >= 0.3 is 5.97 Å². The zero-order valence-electron chi connectivity index (χ0n) is 15.8. The van der Waals surface area contributed by atoms with Gasteiger partial charge in [0.2, 0.25) is 0 Å². The molecule has 0 aliphatic carbocycles. The Labute approximate surface area is 154 Å². The standard InChI is InChI=1S/C22H27FO3/c1-5-26-21(25)19(20(24)16-8-12-18(23)13-9-16)14-15-6-10-17(11-7-15)22(2,3)4/h6-13,19-20,24H,5,14H2,1-4H3. The molecule has 2 aromatic carbocycles. The van der Waals surface area contributed by atoms with Crippen LogP contribution in [0.1, 0.15) is 50.5 Å². The van der Waals surface area contributed by atoms with Gasteiger partial charge in [0.15, 0.2) is 0 Å². The van der Waals surface area contributed by atoms with Gasteiger partial charge in [0, 0.05) is 0 Å². The van der Waals surface area contributed by atoms with E-state index in [0.29, 0.717) is 12.0 Å². The van der Waals surface area contributed by atoms with Crippen molar-refractivity contribution >= 4 is 5.97 Å². The van der Waals surface area contributed by atoms with Crippen LogP contribution in [0.2, 0.25) is 0 Å². The summed E-state index contributed by atoms with van der Waals surface area (Å²) in [5.74, 6) is -1.59. The molecule has 0 saturated heterocycles. The molecule has 1 N–H and O–H groups in total. The molecule has 2 rings (SSSR count). The normalized spacial score (nSPS) is 13.9. The Morgan fingerprint density at radius 3 is 2.15 bits per heavy atom. The fourth-order valence-corrected chi connectivity index (χ4v) is 2.86. The van der Waals surface area contributed by atoms with Crippen LogP contribution in [0, 0.1) is 11.7 Å². The van der Waals surface area contributed by atoms with Crippen LogP contribution < -0.4 is 0 Å². The van der Waals surface area contributed by atoms with E-state index in [1.54, 1.807) is 6.92 Å². The quantitative estimate of drug-likeness (QED) is 0.769. The second kappa shape index (κ2) is 8.45. The summed E-state index contributed by atoms with van der Waals surface area (Å²) in [6.07, 6.45) is -0.709. The first kappa shape index (κ1) is 20.1. The van der Waals surface area contributed by atoms with E-state index in [1.807, 2.05) is 24.3 Å². The van der Waals surface area contributed by atoms with E-state index in [-0.39, 0.29) is 17.8 Å². The molecule has 0 heterocycles. The first-order valence-corrected chi connectivity index (χ1v) is 8.92. The van der Waals surface area contributed by atoms with Crippen LogP contribution in [0.3, 0.4) is 0 Å². The van der Waals surface area contributed by atoms with Crippen molar-refractivity contribution in [3.8, 4) is 0 Å². The second-order valence-electron chi connectivity index (χ2n) is 7.51. The maximum absolute atomic E-state index is 13.1. The Kier molecular flexibility index (Phi) is 6.54. The molecule has 2 aromatic rings. The van der Waals surface area contributed by atoms with Gasteiger partial charge in [-0.3, -0.25) is 4.79 Å². The third-order valence-electron chi connectivity index (χ3n) is 4.46. The predicted octanol–water partition coefficient (Wildman–Crippen LogP) is 4.58. The van der Waals surface area contributed by atoms with Gasteiger partial charge in [0.1, 0.15) is 5.82 Å². The van der Waals surface area contributed by atoms with E-state index in [9.17, 15) is 14.3 Å². The summed E-state index contributed by atoms with van der Waals surface area (Å²) in [5, 5.41) is 10.7. The SMILES string of the molecule is CCOC(=O)C(Cc1ccc(C(C)(C)C)cc1)C(O)c1ccc(F)cc1. The highest BCUT2D eigenvalue weighted by molar-refractivity contribution is 5.74. The first-order chi connectivity index (χ1) is 12.2. The van der Waals surface area contributed by atoms with Crippen LogP contribution in [-0.2, 0) is 21.4 Å². The molecule has 0 bridgehead atoms. The number of ether oxygens (including phenoxy) is 1. The maximum atomic E-state index is 13.1. The molecule has 0 amide bonds. The highest BCUT2D eigenvalue weighted by atomic mass is 19.1. The van der Waals surface area contributed by atoms with Crippen LogP contribution in [0.25, 0.3) is 0 Å². The maximum Gasteiger partial charge on any atom is 0.312 e. The van der Waals surface area contributed by atoms with E-state index in [1.165, 1.54) is 29.8 Å². The summed E-state index contributed by atoms with van der Waals surface area (Å²) in [6.45, 7) is 8.40. The molecule has 2 unspecified atom stereocenters.